The Hall–Kier alpha value is -1.39. The van der Waals surface area contributed by atoms with Crippen LogP contribution in [0.15, 0.2) is 4.99 Å². The monoisotopic (exact) mass is 211 g/mol. The van der Waals surface area contributed by atoms with Gasteiger partial charge in [-0.1, -0.05) is 6.92 Å². The Morgan fingerprint density at radius 2 is 2.27 bits per heavy atom. The first-order valence-electron chi connectivity index (χ1n) is 5.18. The first kappa shape index (κ1) is 11.7. The maximum Gasteiger partial charge on any atom is 0.253 e. The van der Waals surface area contributed by atoms with E-state index in [-0.39, 0.29) is 11.8 Å². The molecular formula is C10H17N3O2. The molecule has 2 N–H and O–H groups in total. The van der Waals surface area contributed by atoms with Crippen LogP contribution in [0.3, 0.4) is 0 Å². The van der Waals surface area contributed by atoms with Gasteiger partial charge in [0.15, 0.2) is 0 Å². The molecule has 1 unspecified atom stereocenters. The molecule has 84 valence electrons. The van der Waals surface area contributed by atoms with Crippen LogP contribution in [0.1, 0.15) is 32.6 Å². The summed E-state index contributed by atoms with van der Waals surface area (Å²) in [4.78, 5) is 28.1. The molecule has 2 amide bonds. The van der Waals surface area contributed by atoms with Crippen molar-refractivity contribution in [3.05, 3.63) is 0 Å². The standard InChI is InChI=1S/C10H17N3O2/c1-3-4-8(11)12-7-5-6-9(14)13(2)10(7)15/h7H,3-6H2,1-2H3,(H2,11,12). The molecule has 0 aromatic heterocycles. The summed E-state index contributed by atoms with van der Waals surface area (Å²) in [5, 5.41) is 0. The molecule has 1 saturated heterocycles. The summed E-state index contributed by atoms with van der Waals surface area (Å²) in [5.41, 5.74) is 5.65. The molecule has 0 saturated carbocycles. The van der Waals surface area contributed by atoms with Crippen molar-refractivity contribution < 1.29 is 9.59 Å². The molecule has 0 aromatic rings. The van der Waals surface area contributed by atoms with Crippen LogP contribution in [0, 0.1) is 0 Å². The predicted octanol–water partition coefficient (Wildman–Crippen LogP) is 0.291. The SMILES string of the molecule is CCCC(N)=NC1CCC(=O)N(C)C1=O. The molecule has 0 spiro atoms. The van der Waals surface area contributed by atoms with Gasteiger partial charge in [-0.3, -0.25) is 19.5 Å². The van der Waals surface area contributed by atoms with Gasteiger partial charge in [0.1, 0.15) is 6.04 Å². The second-order valence-electron chi connectivity index (χ2n) is 3.72. The van der Waals surface area contributed by atoms with Crippen molar-refractivity contribution in [2.45, 2.75) is 38.6 Å². The van der Waals surface area contributed by atoms with E-state index < -0.39 is 6.04 Å². The van der Waals surface area contributed by atoms with Gasteiger partial charge < -0.3 is 5.73 Å². The fraction of sp³-hybridized carbons (Fsp3) is 0.700. The Balaban J connectivity index is 2.68. The number of piperidine rings is 1. The summed E-state index contributed by atoms with van der Waals surface area (Å²) in [7, 11) is 1.49. The molecule has 1 aliphatic rings. The highest BCUT2D eigenvalue weighted by Crippen LogP contribution is 2.14. The summed E-state index contributed by atoms with van der Waals surface area (Å²) < 4.78 is 0. The fourth-order valence-electron chi connectivity index (χ4n) is 1.54. The fourth-order valence-corrected chi connectivity index (χ4v) is 1.54. The topological polar surface area (TPSA) is 75.8 Å². The Morgan fingerprint density at radius 3 is 2.87 bits per heavy atom. The zero-order valence-corrected chi connectivity index (χ0v) is 9.19. The molecule has 1 heterocycles. The molecule has 0 radical (unpaired) electrons. The zero-order chi connectivity index (χ0) is 11.4. The van der Waals surface area contributed by atoms with Crippen molar-refractivity contribution >= 4 is 17.6 Å². The van der Waals surface area contributed by atoms with Crippen molar-refractivity contribution in [2.75, 3.05) is 7.05 Å². The summed E-state index contributed by atoms with van der Waals surface area (Å²) >= 11 is 0. The number of aliphatic imine (C=N–C) groups is 1. The second-order valence-corrected chi connectivity index (χ2v) is 3.72. The first-order chi connectivity index (χ1) is 7.06. The number of hydrogen-bond donors (Lipinski definition) is 1. The lowest BCUT2D eigenvalue weighted by atomic mass is 10.1. The molecule has 1 aliphatic heterocycles. The maximum atomic E-state index is 11.6. The number of likely N-dealkylation sites (tertiary alicyclic amines) is 1. The van der Waals surface area contributed by atoms with Crippen LogP contribution in [0.4, 0.5) is 0 Å². The largest absolute Gasteiger partial charge is 0.387 e. The normalized spacial score (nSPS) is 23.5. The number of likely N-dealkylation sites (N-methyl/N-ethyl adjacent to an activating group) is 1. The highest BCUT2D eigenvalue weighted by molar-refractivity contribution is 6.01. The van der Waals surface area contributed by atoms with Gasteiger partial charge in [-0.05, 0) is 12.8 Å². The first-order valence-corrected chi connectivity index (χ1v) is 5.18. The van der Waals surface area contributed by atoms with Crippen molar-refractivity contribution in [3.8, 4) is 0 Å². The van der Waals surface area contributed by atoms with E-state index in [0.29, 0.717) is 25.1 Å². The third-order valence-corrected chi connectivity index (χ3v) is 2.45. The number of nitrogens with zero attached hydrogens (tertiary/aromatic N) is 2. The molecule has 0 aromatic carbocycles. The minimum Gasteiger partial charge on any atom is -0.387 e. The lowest BCUT2D eigenvalue weighted by Crippen LogP contribution is -2.45. The van der Waals surface area contributed by atoms with Gasteiger partial charge in [0.2, 0.25) is 5.91 Å². The van der Waals surface area contributed by atoms with Crippen molar-refractivity contribution in [1.29, 1.82) is 0 Å². The van der Waals surface area contributed by atoms with Crippen LogP contribution >= 0.6 is 0 Å². The van der Waals surface area contributed by atoms with Gasteiger partial charge in [-0.2, -0.15) is 0 Å². The van der Waals surface area contributed by atoms with E-state index in [1.54, 1.807) is 0 Å². The van der Waals surface area contributed by atoms with Crippen LogP contribution in [0.25, 0.3) is 0 Å². The number of amidine groups is 1. The van der Waals surface area contributed by atoms with Gasteiger partial charge in [-0.25, -0.2) is 0 Å². The van der Waals surface area contributed by atoms with Crippen LogP contribution < -0.4 is 5.73 Å². The van der Waals surface area contributed by atoms with Crippen LogP contribution in [-0.4, -0.2) is 35.6 Å². The van der Waals surface area contributed by atoms with Gasteiger partial charge >= 0.3 is 0 Å². The average Bonchev–Trinajstić information content (AvgIpc) is 2.20. The van der Waals surface area contributed by atoms with E-state index in [1.807, 2.05) is 6.92 Å². The average molecular weight is 211 g/mol. The van der Waals surface area contributed by atoms with E-state index in [2.05, 4.69) is 4.99 Å². The zero-order valence-electron chi connectivity index (χ0n) is 9.19. The number of nitrogens with two attached hydrogens (primary N) is 1. The summed E-state index contributed by atoms with van der Waals surface area (Å²) in [6.45, 7) is 2.00. The highest BCUT2D eigenvalue weighted by Gasteiger charge is 2.31. The number of rotatable bonds is 3. The molecule has 1 fully saturated rings. The predicted molar refractivity (Wildman–Crippen MR) is 57.3 cm³/mol. The number of amides is 2. The molecule has 1 atom stereocenters. The Labute approximate surface area is 89.3 Å². The van der Waals surface area contributed by atoms with Gasteiger partial charge in [0, 0.05) is 19.9 Å². The van der Waals surface area contributed by atoms with E-state index >= 15 is 0 Å². The summed E-state index contributed by atoms with van der Waals surface area (Å²) in [6, 6.07) is -0.459. The van der Waals surface area contributed by atoms with Gasteiger partial charge in [0.05, 0.1) is 5.84 Å². The lowest BCUT2D eigenvalue weighted by molar-refractivity contribution is -0.147. The Kier molecular flexibility index (Phi) is 3.82. The molecule has 1 rings (SSSR count). The molecule has 0 bridgehead atoms. The van der Waals surface area contributed by atoms with E-state index in [1.165, 1.54) is 7.05 Å². The smallest absolute Gasteiger partial charge is 0.253 e. The third-order valence-electron chi connectivity index (χ3n) is 2.45. The number of carbonyl (C=O) groups excluding carboxylic acids is 2. The molecular weight excluding hydrogens is 194 g/mol. The lowest BCUT2D eigenvalue weighted by Gasteiger charge is -2.25. The third kappa shape index (κ3) is 2.78. The summed E-state index contributed by atoms with van der Waals surface area (Å²) in [5.74, 6) is 0.115. The maximum absolute atomic E-state index is 11.6. The minimum absolute atomic E-state index is 0.138. The van der Waals surface area contributed by atoms with Gasteiger partial charge in [-0.15, -0.1) is 0 Å². The van der Waals surface area contributed by atoms with Crippen molar-refractivity contribution in [1.82, 2.24) is 4.90 Å². The van der Waals surface area contributed by atoms with Gasteiger partial charge in [0.25, 0.3) is 5.91 Å². The van der Waals surface area contributed by atoms with Crippen LogP contribution in [0.5, 0.6) is 0 Å². The number of carbonyl (C=O) groups is 2. The quantitative estimate of drug-likeness (QED) is 0.414. The number of imide groups is 1. The second kappa shape index (κ2) is 4.91. The Morgan fingerprint density at radius 1 is 1.60 bits per heavy atom. The minimum atomic E-state index is -0.459. The number of hydrogen-bond acceptors (Lipinski definition) is 3. The molecule has 5 nitrogen and oxygen atoms in total. The van der Waals surface area contributed by atoms with Crippen molar-refractivity contribution in [2.24, 2.45) is 10.7 Å². The molecule has 15 heavy (non-hydrogen) atoms. The van der Waals surface area contributed by atoms with E-state index in [4.69, 9.17) is 5.73 Å². The van der Waals surface area contributed by atoms with Crippen molar-refractivity contribution in [3.63, 3.8) is 0 Å². The Bertz CT molecular complexity index is 299. The summed E-state index contributed by atoms with van der Waals surface area (Å²) in [6.07, 6.45) is 2.45. The van der Waals surface area contributed by atoms with E-state index in [9.17, 15) is 9.59 Å². The van der Waals surface area contributed by atoms with Crippen LogP contribution in [-0.2, 0) is 9.59 Å². The highest BCUT2D eigenvalue weighted by atomic mass is 16.2. The van der Waals surface area contributed by atoms with Crippen LogP contribution in [0.2, 0.25) is 0 Å². The molecule has 0 aliphatic carbocycles. The molecule has 5 heteroatoms. The van der Waals surface area contributed by atoms with E-state index in [0.717, 1.165) is 11.3 Å².